The van der Waals surface area contributed by atoms with Gasteiger partial charge in [-0.25, -0.2) is 0 Å². The predicted octanol–water partition coefficient (Wildman–Crippen LogP) is 0.679. The second-order valence-corrected chi connectivity index (χ2v) is 4.32. The van der Waals surface area contributed by atoms with Gasteiger partial charge in [0, 0.05) is 5.56 Å². The van der Waals surface area contributed by atoms with Crippen LogP contribution in [-0.2, 0) is 4.79 Å². The van der Waals surface area contributed by atoms with Crippen LogP contribution in [0.3, 0.4) is 0 Å². The number of hydrogen-bond donors (Lipinski definition) is 2. The molecular weight excluding hydrogens is 240 g/mol. The van der Waals surface area contributed by atoms with E-state index in [1.54, 1.807) is 18.2 Å². The van der Waals surface area contributed by atoms with Crippen molar-refractivity contribution in [3.8, 4) is 5.75 Å². The van der Waals surface area contributed by atoms with E-state index in [4.69, 9.17) is 16.2 Å². The van der Waals surface area contributed by atoms with Crippen LogP contribution in [0.15, 0.2) is 18.2 Å². The molecule has 0 radical (unpaired) electrons. The van der Waals surface area contributed by atoms with Crippen molar-refractivity contribution in [1.82, 2.24) is 0 Å². The largest absolute Gasteiger partial charge is 0.495 e. The number of rotatable bonds is 6. The van der Waals surface area contributed by atoms with Crippen LogP contribution in [0.4, 0.5) is 5.69 Å². The number of ether oxygens (including phenoxy) is 1. The molecule has 0 heterocycles. The van der Waals surface area contributed by atoms with E-state index in [0.717, 1.165) is 0 Å². The molecule has 1 aromatic rings. The molecule has 0 unspecified atom stereocenters. The minimum atomic E-state index is -0.433. The zero-order valence-corrected chi connectivity index (χ0v) is 10.3. The van der Waals surface area contributed by atoms with Crippen LogP contribution in [0.5, 0.6) is 5.75 Å². The third-order valence-corrected chi connectivity index (χ3v) is 2.98. The maximum atomic E-state index is 11.7. The van der Waals surface area contributed by atoms with Crippen molar-refractivity contribution in [2.75, 3.05) is 24.3 Å². The van der Waals surface area contributed by atoms with Gasteiger partial charge in [0.1, 0.15) is 5.75 Å². The average molecular weight is 254 g/mol. The first kappa shape index (κ1) is 13.4. The van der Waals surface area contributed by atoms with Crippen LogP contribution in [0, 0.1) is 0 Å². The molecule has 92 valence electrons. The van der Waals surface area contributed by atoms with Gasteiger partial charge in [0.15, 0.2) is 5.78 Å². The molecule has 0 aliphatic rings. The number of Topliss-reactive ketones (excluding diaryl/α,β-unsaturated/α-hetero) is 1. The summed E-state index contributed by atoms with van der Waals surface area (Å²) in [5, 5.41) is 0. The number of primary amides is 1. The second-order valence-electron chi connectivity index (χ2n) is 3.34. The molecule has 0 spiro atoms. The molecular formula is C11H14N2O3S. The Morgan fingerprint density at radius 1 is 1.35 bits per heavy atom. The van der Waals surface area contributed by atoms with E-state index in [1.807, 2.05) is 0 Å². The van der Waals surface area contributed by atoms with Gasteiger partial charge < -0.3 is 16.2 Å². The molecule has 0 aliphatic heterocycles. The molecule has 1 aromatic carbocycles. The van der Waals surface area contributed by atoms with Crippen LogP contribution in [-0.4, -0.2) is 30.3 Å². The summed E-state index contributed by atoms with van der Waals surface area (Å²) in [4.78, 5) is 22.2. The lowest BCUT2D eigenvalue weighted by molar-refractivity contribution is -0.115. The number of hydrogen-bond acceptors (Lipinski definition) is 5. The number of nitrogens with two attached hydrogens (primary N) is 2. The summed E-state index contributed by atoms with van der Waals surface area (Å²) in [5.74, 6) is 0.348. The van der Waals surface area contributed by atoms with E-state index < -0.39 is 5.91 Å². The number of methoxy groups -OCH3 is 1. The maximum Gasteiger partial charge on any atom is 0.227 e. The third-order valence-electron chi connectivity index (χ3n) is 2.03. The van der Waals surface area contributed by atoms with E-state index in [1.165, 1.54) is 18.9 Å². The molecule has 5 nitrogen and oxygen atoms in total. The lowest BCUT2D eigenvalue weighted by atomic mass is 10.1. The molecule has 0 fully saturated rings. The third kappa shape index (κ3) is 3.99. The number of ketones is 1. The molecule has 1 amide bonds. The first-order valence-electron chi connectivity index (χ1n) is 4.87. The number of anilines is 1. The predicted molar refractivity (Wildman–Crippen MR) is 68.3 cm³/mol. The maximum absolute atomic E-state index is 11.7. The van der Waals surface area contributed by atoms with Crippen molar-refractivity contribution < 1.29 is 14.3 Å². The molecule has 0 aliphatic carbocycles. The summed E-state index contributed by atoms with van der Waals surface area (Å²) in [7, 11) is 1.51. The summed E-state index contributed by atoms with van der Waals surface area (Å²) in [6.45, 7) is 0. The van der Waals surface area contributed by atoms with E-state index >= 15 is 0 Å². The first-order chi connectivity index (χ1) is 8.04. The fourth-order valence-corrected chi connectivity index (χ4v) is 1.89. The molecule has 0 aromatic heterocycles. The van der Waals surface area contributed by atoms with Crippen molar-refractivity contribution in [1.29, 1.82) is 0 Å². The van der Waals surface area contributed by atoms with Crippen LogP contribution >= 0.6 is 11.8 Å². The van der Waals surface area contributed by atoms with Gasteiger partial charge in [-0.15, -0.1) is 11.8 Å². The Labute approximate surface area is 103 Å². The Bertz CT molecular complexity index is 435. The Kier molecular flexibility index (Phi) is 4.84. The van der Waals surface area contributed by atoms with Crippen LogP contribution < -0.4 is 16.2 Å². The molecule has 1 rings (SSSR count). The minimum absolute atomic E-state index is 0.0920. The monoisotopic (exact) mass is 254 g/mol. The SMILES string of the molecule is COc1ccc(C(=O)CSCC(N)=O)cc1N. The summed E-state index contributed by atoms with van der Waals surface area (Å²) >= 11 is 1.18. The van der Waals surface area contributed by atoms with E-state index in [-0.39, 0.29) is 17.3 Å². The molecule has 17 heavy (non-hydrogen) atoms. The van der Waals surface area contributed by atoms with Crippen molar-refractivity contribution in [2.45, 2.75) is 0 Å². The molecule has 6 heteroatoms. The smallest absolute Gasteiger partial charge is 0.227 e. The quantitative estimate of drug-likeness (QED) is 0.575. The lowest BCUT2D eigenvalue weighted by Crippen LogP contribution is -2.15. The topological polar surface area (TPSA) is 95.4 Å². The molecule has 0 saturated heterocycles. The number of thioether (sulfide) groups is 1. The molecule has 0 bridgehead atoms. The fraction of sp³-hybridized carbons (Fsp3) is 0.273. The highest BCUT2D eigenvalue weighted by atomic mass is 32.2. The van der Waals surface area contributed by atoms with Crippen molar-refractivity contribution >= 4 is 29.1 Å². The summed E-state index contributed by atoms with van der Waals surface area (Å²) in [5.41, 5.74) is 11.6. The Morgan fingerprint density at radius 3 is 2.59 bits per heavy atom. The number of nitrogen functional groups attached to an aromatic ring is 1. The van der Waals surface area contributed by atoms with Gasteiger partial charge in [-0.1, -0.05) is 0 Å². The van der Waals surface area contributed by atoms with Crippen LogP contribution in [0.1, 0.15) is 10.4 Å². The molecule has 0 saturated carbocycles. The summed E-state index contributed by atoms with van der Waals surface area (Å²) in [6, 6.07) is 4.84. The van der Waals surface area contributed by atoms with Gasteiger partial charge in [-0.05, 0) is 18.2 Å². The highest BCUT2D eigenvalue weighted by Crippen LogP contribution is 2.22. The zero-order chi connectivity index (χ0) is 12.8. The van der Waals surface area contributed by atoms with E-state index in [9.17, 15) is 9.59 Å². The van der Waals surface area contributed by atoms with Gasteiger partial charge in [0.25, 0.3) is 0 Å². The summed E-state index contributed by atoms with van der Waals surface area (Å²) in [6.07, 6.45) is 0. The van der Waals surface area contributed by atoms with Crippen LogP contribution in [0.25, 0.3) is 0 Å². The second kappa shape index (κ2) is 6.15. The summed E-state index contributed by atoms with van der Waals surface area (Å²) < 4.78 is 4.99. The number of carbonyl (C=O) groups is 2. The molecule has 4 N–H and O–H groups in total. The first-order valence-corrected chi connectivity index (χ1v) is 6.03. The Hall–Kier alpha value is -1.69. The van der Waals surface area contributed by atoms with Gasteiger partial charge in [-0.3, -0.25) is 9.59 Å². The lowest BCUT2D eigenvalue weighted by Gasteiger charge is -2.06. The number of carbonyl (C=O) groups excluding carboxylic acids is 2. The highest BCUT2D eigenvalue weighted by Gasteiger charge is 2.09. The van der Waals surface area contributed by atoms with E-state index in [0.29, 0.717) is 17.0 Å². The standard InChI is InChI=1S/C11H14N2O3S/c1-16-10-3-2-7(4-8(10)12)9(14)5-17-6-11(13)15/h2-4H,5-6,12H2,1H3,(H2,13,15). The zero-order valence-electron chi connectivity index (χ0n) is 9.43. The normalized spacial score (nSPS) is 9.94. The van der Waals surface area contributed by atoms with Crippen molar-refractivity contribution in [3.63, 3.8) is 0 Å². The average Bonchev–Trinajstić information content (AvgIpc) is 2.28. The van der Waals surface area contributed by atoms with E-state index in [2.05, 4.69) is 0 Å². The highest BCUT2D eigenvalue weighted by molar-refractivity contribution is 8.00. The van der Waals surface area contributed by atoms with Crippen molar-refractivity contribution in [3.05, 3.63) is 23.8 Å². The van der Waals surface area contributed by atoms with Gasteiger partial charge in [0.05, 0.1) is 24.3 Å². The number of benzene rings is 1. The van der Waals surface area contributed by atoms with Gasteiger partial charge in [-0.2, -0.15) is 0 Å². The van der Waals surface area contributed by atoms with Crippen molar-refractivity contribution in [2.24, 2.45) is 5.73 Å². The Morgan fingerprint density at radius 2 is 2.06 bits per heavy atom. The van der Waals surface area contributed by atoms with Gasteiger partial charge >= 0.3 is 0 Å². The minimum Gasteiger partial charge on any atom is -0.495 e. The van der Waals surface area contributed by atoms with Crippen LogP contribution in [0.2, 0.25) is 0 Å². The molecule has 0 atom stereocenters. The van der Waals surface area contributed by atoms with Gasteiger partial charge in [0.2, 0.25) is 5.91 Å². The Balaban J connectivity index is 2.63. The number of amides is 1. The fourth-order valence-electron chi connectivity index (χ4n) is 1.24.